The zero-order valence-corrected chi connectivity index (χ0v) is 18.9. The van der Waals surface area contributed by atoms with Crippen LogP contribution in [0.4, 0.5) is 5.82 Å². The fraction of sp³-hybridized carbons (Fsp3) is 0.500. The summed E-state index contributed by atoms with van der Waals surface area (Å²) in [6.45, 7) is 2.82. The van der Waals surface area contributed by atoms with E-state index in [-0.39, 0.29) is 22.5 Å². The highest BCUT2D eigenvalue weighted by Crippen LogP contribution is 2.34. The number of amides is 1. The molecule has 31 heavy (non-hydrogen) atoms. The van der Waals surface area contributed by atoms with Crippen LogP contribution in [0.5, 0.6) is 0 Å². The number of Topliss-reactive ketones (excluding diaryl/α,β-unsaturated/α-hetero) is 1. The Kier molecular flexibility index (Phi) is 7.27. The molecule has 0 bridgehead atoms. The van der Waals surface area contributed by atoms with E-state index in [9.17, 15) is 18.0 Å². The quantitative estimate of drug-likeness (QED) is 0.633. The molecule has 168 valence electrons. The maximum atomic E-state index is 13.2. The lowest BCUT2D eigenvalue weighted by Gasteiger charge is -2.21. The minimum absolute atomic E-state index is 0.136. The molecule has 1 aliphatic carbocycles. The van der Waals surface area contributed by atoms with E-state index in [1.54, 1.807) is 49.2 Å². The molecule has 1 aliphatic rings. The first kappa shape index (κ1) is 23.1. The van der Waals surface area contributed by atoms with Gasteiger partial charge in [0.2, 0.25) is 5.91 Å². The van der Waals surface area contributed by atoms with Crippen molar-refractivity contribution >= 4 is 27.3 Å². The average molecular weight is 448 g/mol. The van der Waals surface area contributed by atoms with Gasteiger partial charge in [-0.3, -0.25) is 14.3 Å². The number of benzene rings is 1. The van der Waals surface area contributed by atoms with E-state index in [1.165, 1.54) is 6.26 Å². The van der Waals surface area contributed by atoms with E-state index in [4.69, 9.17) is 4.74 Å². The standard InChI is InChI=1S/C22H29N3O5S/c1-15-12-17(5-7-20(15)31(3,28)29)19(14-16-4-6-18(26)13-16)22(27)23-21-8-9-25(24-21)10-11-30-2/h5,7-9,12,16,19H,4,6,10-11,13-14H2,1-3H3,(H,23,24,27)/t16-,19?/m0/s1. The van der Waals surface area contributed by atoms with Crippen LogP contribution < -0.4 is 5.32 Å². The molecule has 0 spiro atoms. The van der Waals surface area contributed by atoms with E-state index in [0.29, 0.717) is 43.8 Å². The third-order valence-electron chi connectivity index (χ3n) is 5.65. The fourth-order valence-corrected chi connectivity index (χ4v) is 5.04. The summed E-state index contributed by atoms with van der Waals surface area (Å²) in [6, 6.07) is 6.73. The second-order valence-electron chi connectivity index (χ2n) is 8.18. The van der Waals surface area contributed by atoms with Crippen molar-refractivity contribution in [1.82, 2.24) is 9.78 Å². The van der Waals surface area contributed by atoms with Gasteiger partial charge in [-0.2, -0.15) is 5.10 Å². The molecule has 9 heteroatoms. The molecule has 1 aromatic carbocycles. The molecule has 3 rings (SSSR count). The molecular formula is C22H29N3O5S. The summed E-state index contributed by atoms with van der Waals surface area (Å²) in [4.78, 5) is 25.2. The van der Waals surface area contributed by atoms with Gasteiger partial charge >= 0.3 is 0 Å². The molecule has 1 heterocycles. The highest BCUT2D eigenvalue weighted by atomic mass is 32.2. The number of aromatic nitrogens is 2. The van der Waals surface area contributed by atoms with Gasteiger partial charge in [0.25, 0.3) is 0 Å². The van der Waals surface area contributed by atoms with E-state index >= 15 is 0 Å². The summed E-state index contributed by atoms with van der Waals surface area (Å²) in [5, 5.41) is 7.21. The fourth-order valence-electron chi connectivity index (χ4n) is 4.08. The second-order valence-corrected chi connectivity index (χ2v) is 10.2. The van der Waals surface area contributed by atoms with Gasteiger partial charge < -0.3 is 10.1 Å². The maximum absolute atomic E-state index is 13.2. The highest BCUT2D eigenvalue weighted by Gasteiger charge is 2.30. The van der Waals surface area contributed by atoms with Gasteiger partial charge in [-0.25, -0.2) is 8.42 Å². The minimum atomic E-state index is -3.35. The normalized spacial score (nSPS) is 17.6. The summed E-state index contributed by atoms with van der Waals surface area (Å²) in [5.74, 6) is 0.0790. The van der Waals surface area contributed by atoms with Crippen molar-refractivity contribution in [3.63, 3.8) is 0 Å². The van der Waals surface area contributed by atoms with Gasteiger partial charge in [0, 0.05) is 38.5 Å². The number of ether oxygens (including phenoxy) is 1. The van der Waals surface area contributed by atoms with Crippen LogP contribution in [0.3, 0.4) is 0 Å². The average Bonchev–Trinajstić information content (AvgIpc) is 3.31. The molecule has 1 fully saturated rings. The van der Waals surface area contributed by atoms with E-state index < -0.39 is 15.8 Å². The van der Waals surface area contributed by atoms with Crippen LogP contribution in [0.15, 0.2) is 35.4 Å². The predicted octanol–water partition coefficient (Wildman–Crippen LogP) is 2.72. The Balaban J connectivity index is 1.83. The first-order valence-corrected chi connectivity index (χ1v) is 12.2. The van der Waals surface area contributed by atoms with Gasteiger partial charge in [0.15, 0.2) is 15.7 Å². The summed E-state index contributed by atoms with van der Waals surface area (Å²) < 4.78 is 30.7. The first-order valence-electron chi connectivity index (χ1n) is 10.3. The highest BCUT2D eigenvalue weighted by molar-refractivity contribution is 7.90. The summed E-state index contributed by atoms with van der Waals surface area (Å²) >= 11 is 0. The van der Waals surface area contributed by atoms with Gasteiger partial charge in [0.05, 0.1) is 24.0 Å². The van der Waals surface area contributed by atoms with E-state index in [2.05, 4.69) is 10.4 Å². The molecule has 1 aromatic heterocycles. The van der Waals surface area contributed by atoms with Crippen LogP contribution in [-0.2, 0) is 30.7 Å². The van der Waals surface area contributed by atoms with Crippen molar-refractivity contribution in [3.05, 3.63) is 41.6 Å². The van der Waals surface area contributed by atoms with Crippen molar-refractivity contribution in [2.24, 2.45) is 5.92 Å². The Morgan fingerprint density at radius 2 is 2.13 bits per heavy atom. The van der Waals surface area contributed by atoms with Gasteiger partial charge in [0.1, 0.15) is 5.78 Å². The Labute approximate surface area is 182 Å². The van der Waals surface area contributed by atoms with Gasteiger partial charge in [-0.15, -0.1) is 0 Å². The molecule has 1 N–H and O–H groups in total. The SMILES string of the molecule is COCCn1ccc(NC(=O)C(C[C@H]2CCC(=O)C2)c2ccc(S(C)(=O)=O)c(C)c2)n1. The molecular weight excluding hydrogens is 418 g/mol. The Bertz CT molecular complexity index is 1060. The van der Waals surface area contributed by atoms with Gasteiger partial charge in [-0.05, 0) is 42.9 Å². The molecule has 2 atom stereocenters. The van der Waals surface area contributed by atoms with Crippen LogP contribution in [0, 0.1) is 12.8 Å². The van der Waals surface area contributed by atoms with E-state index in [0.717, 1.165) is 12.0 Å². The number of aryl methyl sites for hydroxylation is 1. The molecule has 0 aliphatic heterocycles. The lowest BCUT2D eigenvalue weighted by atomic mass is 9.86. The number of hydrogen-bond acceptors (Lipinski definition) is 6. The Morgan fingerprint density at radius 3 is 2.74 bits per heavy atom. The Morgan fingerprint density at radius 1 is 1.35 bits per heavy atom. The Hall–Kier alpha value is -2.52. The van der Waals surface area contributed by atoms with Crippen LogP contribution >= 0.6 is 0 Å². The largest absolute Gasteiger partial charge is 0.383 e. The van der Waals surface area contributed by atoms with Crippen molar-refractivity contribution in [2.75, 3.05) is 25.3 Å². The number of anilines is 1. The third kappa shape index (κ3) is 6.01. The number of ketones is 1. The number of hydrogen-bond donors (Lipinski definition) is 1. The number of carbonyl (C=O) groups is 2. The smallest absolute Gasteiger partial charge is 0.233 e. The molecule has 0 saturated heterocycles. The van der Waals surface area contributed by atoms with Crippen LogP contribution in [-0.4, -0.2) is 49.9 Å². The third-order valence-corrected chi connectivity index (χ3v) is 6.91. The zero-order valence-electron chi connectivity index (χ0n) is 18.1. The molecule has 2 aromatic rings. The number of rotatable bonds is 9. The molecule has 0 radical (unpaired) electrons. The first-order chi connectivity index (χ1) is 14.7. The molecule has 1 saturated carbocycles. The predicted molar refractivity (Wildman–Crippen MR) is 117 cm³/mol. The van der Waals surface area contributed by atoms with Crippen molar-refractivity contribution < 1.29 is 22.7 Å². The van der Waals surface area contributed by atoms with Crippen molar-refractivity contribution in [2.45, 2.75) is 50.0 Å². The number of methoxy groups -OCH3 is 1. The number of nitrogens with zero attached hydrogens (tertiary/aromatic N) is 2. The molecule has 1 unspecified atom stereocenters. The van der Waals surface area contributed by atoms with Crippen molar-refractivity contribution in [3.8, 4) is 0 Å². The topological polar surface area (TPSA) is 107 Å². The monoisotopic (exact) mass is 447 g/mol. The van der Waals surface area contributed by atoms with Crippen LogP contribution in [0.1, 0.15) is 42.7 Å². The lowest BCUT2D eigenvalue weighted by molar-refractivity contribution is -0.119. The molecule has 1 amide bonds. The number of nitrogens with one attached hydrogen (secondary N) is 1. The maximum Gasteiger partial charge on any atom is 0.233 e. The van der Waals surface area contributed by atoms with E-state index in [1.807, 2.05) is 0 Å². The second kappa shape index (κ2) is 9.74. The zero-order chi connectivity index (χ0) is 22.6. The van der Waals surface area contributed by atoms with Crippen molar-refractivity contribution in [1.29, 1.82) is 0 Å². The lowest BCUT2D eigenvalue weighted by Crippen LogP contribution is -2.24. The molecule has 8 nitrogen and oxygen atoms in total. The minimum Gasteiger partial charge on any atom is -0.383 e. The van der Waals surface area contributed by atoms with Crippen LogP contribution in [0.2, 0.25) is 0 Å². The summed E-state index contributed by atoms with van der Waals surface area (Å²) in [5.41, 5.74) is 1.34. The summed E-state index contributed by atoms with van der Waals surface area (Å²) in [7, 11) is -1.73. The van der Waals surface area contributed by atoms with Gasteiger partial charge in [-0.1, -0.05) is 12.1 Å². The van der Waals surface area contributed by atoms with Crippen LogP contribution in [0.25, 0.3) is 0 Å². The number of carbonyl (C=O) groups excluding carboxylic acids is 2. The summed E-state index contributed by atoms with van der Waals surface area (Å²) in [6.07, 6.45) is 5.27. The number of sulfone groups is 1.